The Morgan fingerprint density at radius 2 is 1.72 bits per heavy atom. The fourth-order valence-electron chi connectivity index (χ4n) is 4.52. The van der Waals surface area contributed by atoms with Gasteiger partial charge in [-0.3, -0.25) is 14.2 Å². The highest BCUT2D eigenvalue weighted by Gasteiger charge is 2.30. The summed E-state index contributed by atoms with van der Waals surface area (Å²) < 4.78 is 45.0. The van der Waals surface area contributed by atoms with Crippen LogP contribution in [0.1, 0.15) is 69.4 Å². The minimum Gasteiger partial charge on any atom is -0.465 e. The fourth-order valence-corrected chi connectivity index (χ4v) is 4.52. The van der Waals surface area contributed by atoms with Crippen molar-refractivity contribution in [1.29, 1.82) is 0 Å². The zero-order chi connectivity index (χ0) is 28.3. The Morgan fingerprint density at radius 1 is 1.08 bits per heavy atom. The number of nitrogens with zero attached hydrogens (tertiary/aromatic N) is 3. The van der Waals surface area contributed by atoms with E-state index >= 15 is 0 Å². The van der Waals surface area contributed by atoms with Crippen LogP contribution in [0.15, 0.2) is 53.3 Å². The van der Waals surface area contributed by atoms with E-state index in [1.165, 1.54) is 35.9 Å². The number of aromatic nitrogens is 2. The minimum absolute atomic E-state index is 0.0944. The number of hydrogen-bond acceptors (Lipinski definition) is 6. The Labute approximate surface area is 223 Å². The molecule has 0 bridgehead atoms. The maximum absolute atomic E-state index is 13.5. The van der Waals surface area contributed by atoms with E-state index in [4.69, 9.17) is 4.98 Å². The molecule has 1 aromatic heterocycles. The molecule has 1 N–H and O–H groups in total. The van der Waals surface area contributed by atoms with Crippen LogP contribution in [0.5, 0.6) is 0 Å². The van der Waals surface area contributed by atoms with Crippen molar-refractivity contribution in [1.82, 2.24) is 14.5 Å². The number of ether oxygens (including phenoxy) is 1. The number of halogens is 3. The number of carbonyl (C=O) groups excluding carboxylic acids is 2. The molecule has 0 saturated carbocycles. The number of benzene rings is 2. The van der Waals surface area contributed by atoms with Gasteiger partial charge in [-0.15, -0.1) is 0 Å². The fraction of sp³-hybridized carbons (Fsp3) is 0.357. The first-order valence-corrected chi connectivity index (χ1v) is 12.6. The van der Waals surface area contributed by atoms with Gasteiger partial charge >= 0.3 is 12.1 Å². The van der Waals surface area contributed by atoms with Crippen LogP contribution in [0.2, 0.25) is 0 Å². The molecule has 2 aromatic carbocycles. The molecule has 4 rings (SSSR count). The van der Waals surface area contributed by atoms with E-state index in [0.717, 1.165) is 12.1 Å². The zero-order valence-corrected chi connectivity index (χ0v) is 21.8. The van der Waals surface area contributed by atoms with Crippen LogP contribution < -0.4 is 10.9 Å². The molecule has 1 aliphatic rings. The second kappa shape index (κ2) is 11.3. The summed E-state index contributed by atoms with van der Waals surface area (Å²) in [4.78, 5) is 44.6. The average molecular weight is 543 g/mol. The molecule has 2 heterocycles. The van der Waals surface area contributed by atoms with Crippen molar-refractivity contribution in [3.8, 4) is 0 Å². The molecular weight excluding hydrogens is 513 g/mol. The van der Waals surface area contributed by atoms with Gasteiger partial charge in [-0.1, -0.05) is 19.1 Å². The van der Waals surface area contributed by atoms with Gasteiger partial charge in [0.1, 0.15) is 0 Å². The summed E-state index contributed by atoms with van der Waals surface area (Å²) in [6.45, 7) is 4.53. The monoisotopic (exact) mass is 542 g/mol. The summed E-state index contributed by atoms with van der Waals surface area (Å²) in [5.74, 6) is -0.427. The van der Waals surface area contributed by atoms with E-state index in [-0.39, 0.29) is 18.0 Å². The molecular formula is C28H29F3N4O4. The van der Waals surface area contributed by atoms with Crippen LogP contribution in [0.3, 0.4) is 0 Å². The van der Waals surface area contributed by atoms with Crippen molar-refractivity contribution >= 4 is 17.8 Å². The van der Waals surface area contributed by atoms with Crippen molar-refractivity contribution in [2.75, 3.05) is 19.0 Å². The third-order valence-electron chi connectivity index (χ3n) is 6.69. The molecule has 0 radical (unpaired) electrons. The van der Waals surface area contributed by atoms with Gasteiger partial charge in [-0.2, -0.15) is 13.2 Å². The topological polar surface area (TPSA) is 93.5 Å². The standard InChI is InChI=1S/C28H29F3N4O4/c1-4-14-35-25(37)22-16-34(24(36)19-5-7-20(8-6-19)26(38)39-3)15-13-23(22)33-27(35)32-17(2)18-9-11-21(12-10-18)28(29,30)31/h5-12,17H,4,13-16H2,1-3H3,(H,32,33). The predicted octanol–water partition coefficient (Wildman–Crippen LogP) is 4.83. The molecule has 1 atom stereocenters. The summed E-state index contributed by atoms with van der Waals surface area (Å²) in [5, 5.41) is 3.19. The molecule has 3 aromatic rings. The second-order valence-electron chi connectivity index (χ2n) is 9.35. The Kier molecular flexibility index (Phi) is 8.08. The van der Waals surface area contributed by atoms with Crippen LogP contribution in [0.25, 0.3) is 0 Å². The Morgan fingerprint density at radius 3 is 2.31 bits per heavy atom. The van der Waals surface area contributed by atoms with Crippen molar-refractivity contribution in [3.63, 3.8) is 0 Å². The number of fused-ring (bicyclic) bond motifs is 1. The molecule has 1 amide bonds. The SMILES string of the molecule is CCCn1c(NC(C)c2ccc(C(F)(F)F)cc2)nc2c(c1=O)CN(C(=O)c1ccc(C(=O)OC)cc1)CC2. The van der Waals surface area contributed by atoms with E-state index < -0.39 is 23.8 Å². The number of rotatable bonds is 7. The van der Waals surface area contributed by atoms with Gasteiger partial charge in [0.2, 0.25) is 5.95 Å². The van der Waals surface area contributed by atoms with Crippen molar-refractivity contribution in [2.45, 2.75) is 52.0 Å². The zero-order valence-electron chi connectivity index (χ0n) is 21.8. The molecule has 39 heavy (non-hydrogen) atoms. The molecule has 206 valence electrons. The number of esters is 1. The van der Waals surface area contributed by atoms with Gasteiger partial charge < -0.3 is 15.0 Å². The lowest BCUT2D eigenvalue weighted by Crippen LogP contribution is -2.41. The van der Waals surface area contributed by atoms with Gasteiger partial charge in [0.25, 0.3) is 11.5 Å². The highest BCUT2D eigenvalue weighted by atomic mass is 19.4. The molecule has 0 fully saturated rings. The van der Waals surface area contributed by atoms with Gasteiger partial charge in [0, 0.05) is 25.1 Å². The first-order chi connectivity index (χ1) is 18.5. The smallest absolute Gasteiger partial charge is 0.416 e. The summed E-state index contributed by atoms with van der Waals surface area (Å²) in [5.41, 5.74) is 1.36. The van der Waals surface area contributed by atoms with E-state index in [9.17, 15) is 27.6 Å². The average Bonchev–Trinajstić information content (AvgIpc) is 2.93. The molecule has 0 saturated heterocycles. The number of nitrogens with one attached hydrogen (secondary N) is 1. The van der Waals surface area contributed by atoms with Gasteiger partial charge in [-0.25, -0.2) is 9.78 Å². The van der Waals surface area contributed by atoms with Gasteiger partial charge in [-0.05, 0) is 55.3 Å². The lowest BCUT2D eigenvalue weighted by atomic mass is 10.0. The number of amides is 1. The largest absolute Gasteiger partial charge is 0.465 e. The third-order valence-corrected chi connectivity index (χ3v) is 6.69. The lowest BCUT2D eigenvalue weighted by Gasteiger charge is -2.29. The van der Waals surface area contributed by atoms with E-state index in [1.807, 2.05) is 6.92 Å². The molecule has 1 aliphatic heterocycles. The van der Waals surface area contributed by atoms with Crippen LogP contribution in [-0.2, 0) is 30.4 Å². The highest BCUT2D eigenvalue weighted by molar-refractivity contribution is 5.96. The van der Waals surface area contributed by atoms with E-state index in [1.54, 1.807) is 24.0 Å². The van der Waals surface area contributed by atoms with Crippen LogP contribution in [-0.4, -0.2) is 40.0 Å². The van der Waals surface area contributed by atoms with Crippen LogP contribution in [0, 0.1) is 0 Å². The van der Waals surface area contributed by atoms with Crippen molar-refractivity contribution in [2.24, 2.45) is 0 Å². The van der Waals surface area contributed by atoms with Crippen molar-refractivity contribution in [3.05, 3.63) is 92.4 Å². The number of alkyl halides is 3. The number of carbonyl (C=O) groups is 2. The maximum atomic E-state index is 13.5. The van der Waals surface area contributed by atoms with Gasteiger partial charge in [0.15, 0.2) is 0 Å². The van der Waals surface area contributed by atoms with E-state index in [2.05, 4.69) is 10.1 Å². The van der Waals surface area contributed by atoms with Crippen LogP contribution >= 0.6 is 0 Å². The number of methoxy groups -OCH3 is 1. The summed E-state index contributed by atoms with van der Waals surface area (Å²) in [7, 11) is 1.28. The minimum atomic E-state index is -4.42. The summed E-state index contributed by atoms with van der Waals surface area (Å²) >= 11 is 0. The normalized spacial score (nSPS) is 13.9. The summed E-state index contributed by atoms with van der Waals surface area (Å²) in [6.07, 6.45) is -3.40. The Balaban J connectivity index is 1.56. The van der Waals surface area contributed by atoms with E-state index in [0.29, 0.717) is 59.8 Å². The Bertz CT molecular complexity index is 1420. The molecule has 0 aliphatic carbocycles. The quantitative estimate of drug-likeness (QED) is 0.430. The van der Waals surface area contributed by atoms with Crippen LogP contribution in [0.4, 0.5) is 19.1 Å². The Hall–Kier alpha value is -4.15. The molecule has 11 heteroatoms. The lowest BCUT2D eigenvalue weighted by molar-refractivity contribution is -0.137. The predicted molar refractivity (Wildman–Crippen MR) is 138 cm³/mol. The van der Waals surface area contributed by atoms with Gasteiger partial charge in [0.05, 0.1) is 42.1 Å². The first kappa shape index (κ1) is 27.9. The molecule has 1 unspecified atom stereocenters. The van der Waals surface area contributed by atoms with Crippen molar-refractivity contribution < 1.29 is 27.5 Å². The number of anilines is 1. The molecule has 8 nitrogen and oxygen atoms in total. The first-order valence-electron chi connectivity index (χ1n) is 12.6. The summed E-state index contributed by atoms with van der Waals surface area (Å²) in [6, 6.07) is 10.6. The number of hydrogen-bond donors (Lipinski definition) is 1. The third kappa shape index (κ3) is 5.97. The second-order valence-corrected chi connectivity index (χ2v) is 9.35. The highest BCUT2D eigenvalue weighted by Crippen LogP contribution is 2.30. The maximum Gasteiger partial charge on any atom is 0.416 e. The molecule has 0 spiro atoms.